The molecule has 1 unspecified atom stereocenters. The molecule has 3 amide bonds. The number of hydrogen-bond acceptors (Lipinski definition) is 9. The maximum Gasteiger partial charge on any atom is 0.407 e. The van der Waals surface area contributed by atoms with E-state index < -0.39 is 18.2 Å². The molecule has 60 heavy (non-hydrogen) atoms. The van der Waals surface area contributed by atoms with Crippen molar-refractivity contribution in [1.29, 1.82) is 0 Å². The number of aromatic amines is 2. The van der Waals surface area contributed by atoms with Gasteiger partial charge in [-0.2, -0.15) is 0 Å². The van der Waals surface area contributed by atoms with Crippen molar-refractivity contribution in [3.63, 3.8) is 0 Å². The first kappa shape index (κ1) is 39.2. The van der Waals surface area contributed by atoms with Crippen LogP contribution in [-0.4, -0.2) is 101 Å². The van der Waals surface area contributed by atoms with Crippen molar-refractivity contribution in [2.45, 2.75) is 63.4 Å². The van der Waals surface area contributed by atoms with Crippen LogP contribution < -0.4 is 10.1 Å². The lowest BCUT2D eigenvalue weighted by Crippen LogP contribution is -2.54. The monoisotopic (exact) mass is 811 g/mol. The van der Waals surface area contributed by atoms with Gasteiger partial charge in [0.15, 0.2) is 0 Å². The molecule has 0 bridgehead atoms. The molecule has 5 heterocycles. The summed E-state index contributed by atoms with van der Waals surface area (Å²) in [6.45, 7) is 3.78. The Morgan fingerprint density at radius 2 is 1.80 bits per heavy atom. The van der Waals surface area contributed by atoms with E-state index in [2.05, 4.69) is 51.7 Å². The molecule has 3 N–H and O–H groups in total. The van der Waals surface area contributed by atoms with Crippen LogP contribution in [-0.2, 0) is 36.8 Å². The maximum atomic E-state index is 14.1. The molecule has 2 saturated heterocycles. The summed E-state index contributed by atoms with van der Waals surface area (Å²) in [5.74, 6) is 2.14. The zero-order valence-corrected chi connectivity index (χ0v) is 34.2. The van der Waals surface area contributed by atoms with E-state index in [-0.39, 0.29) is 29.8 Å². The third-order valence-corrected chi connectivity index (χ3v) is 12.3. The summed E-state index contributed by atoms with van der Waals surface area (Å²) < 4.78 is 22.3. The summed E-state index contributed by atoms with van der Waals surface area (Å²) in [5.41, 5.74) is 7.71. The Bertz CT molecular complexity index is 2570. The molecule has 0 radical (unpaired) electrons. The standard InChI is InChI=1S/C46H49N7O7/c1-26(58-3)41(51-46(56)59-4)45(55)53-23-28(24-57-2)17-38(53)44-48-35-15-13-29-20-34-32-14-12-30(19-31(32)25-60-39(34)21-33(29)42(35)50-44)36-22-47-43(49-36)37-11-8-16-52(37)40(54)18-27-9-6-5-7-10-27/h5-7,9-10,12-15,19-22,26,28,37-38,41H,8,11,16-18,23-25H2,1-4H3,(H,47,49)(H,48,50)(H,51,56)/t26?,28-,37-,38-,41-/m0/s1. The van der Waals surface area contributed by atoms with E-state index in [1.165, 1.54) is 14.2 Å². The largest absolute Gasteiger partial charge is 0.488 e. The number of aromatic nitrogens is 4. The molecule has 14 heteroatoms. The van der Waals surface area contributed by atoms with Gasteiger partial charge in [-0.1, -0.05) is 48.5 Å². The van der Waals surface area contributed by atoms with Crippen molar-refractivity contribution in [2.75, 3.05) is 41.0 Å². The Balaban J connectivity index is 0.972. The number of H-pyrrole nitrogens is 2. The number of nitrogens with one attached hydrogen (secondary N) is 3. The van der Waals surface area contributed by atoms with Gasteiger partial charge in [0.25, 0.3) is 0 Å². The number of alkyl carbamates (subject to hydrolysis) is 1. The van der Waals surface area contributed by atoms with Gasteiger partial charge in [0.05, 0.1) is 61.2 Å². The van der Waals surface area contributed by atoms with Crippen LogP contribution in [0.15, 0.2) is 79.0 Å². The number of methoxy groups -OCH3 is 3. The van der Waals surface area contributed by atoms with Crippen LogP contribution in [0.2, 0.25) is 0 Å². The number of nitrogens with zero attached hydrogens (tertiary/aromatic N) is 4. The Morgan fingerprint density at radius 1 is 0.950 bits per heavy atom. The van der Waals surface area contributed by atoms with Crippen molar-refractivity contribution >= 4 is 39.7 Å². The highest BCUT2D eigenvalue weighted by atomic mass is 16.5. The molecule has 0 saturated carbocycles. The number of benzene rings is 4. The average molecular weight is 812 g/mol. The van der Waals surface area contributed by atoms with Crippen LogP contribution in [0.5, 0.6) is 5.75 Å². The first-order valence-corrected chi connectivity index (χ1v) is 20.5. The van der Waals surface area contributed by atoms with Gasteiger partial charge in [-0.05, 0) is 78.1 Å². The second kappa shape index (κ2) is 16.4. The van der Waals surface area contributed by atoms with Gasteiger partial charge in [-0.25, -0.2) is 14.8 Å². The van der Waals surface area contributed by atoms with Gasteiger partial charge in [0.1, 0.15) is 30.0 Å². The Labute approximate surface area is 347 Å². The van der Waals surface area contributed by atoms with E-state index in [0.29, 0.717) is 38.4 Å². The van der Waals surface area contributed by atoms with E-state index >= 15 is 0 Å². The van der Waals surface area contributed by atoms with Crippen molar-refractivity contribution < 1.29 is 33.3 Å². The topological polar surface area (TPSA) is 164 Å². The van der Waals surface area contributed by atoms with E-state index in [1.54, 1.807) is 18.9 Å². The van der Waals surface area contributed by atoms with Gasteiger partial charge < -0.3 is 44.0 Å². The number of likely N-dealkylation sites (tertiary alicyclic amines) is 2. The molecule has 0 spiro atoms. The van der Waals surface area contributed by atoms with Gasteiger partial charge in [0, 0.05) is 44.2 Å². The molecule has 4 aromatic carbocycles. The molecule has 5 atom stereocenters. The van der Waals surface area contributed by atoms with E-state index in [4.69, 9.17) is 28.9 Å². The lowest BCUT2D eigenvalue weighted by Gasteiger charge is -2.30. The number of rotatable bonds is 11. The fraction of sp³-hybridized carbons (Fsp3) is 0.370. The Morgan fingerprint density at radius 3 is 2.60 bits per heavy atom. The number of fused-ring (bicyclic) bond motifs is 6. The minimum atomic E-state index is -0.957. The molecule has 14 nitrogen and oxygen atoms in total. The highest BCUT2D eigenvalue weighted by Crippen LogP contribution is 2.44. The normalized spacial score (nSPS) is 19.5. The molecule has 3 aliphatic heterocycles. The summed E-state index contributed by atoms with van der Waals surface area (Å²) >= 11 is 0. The third-order valence-electron chi connectivity index (χ3n) is 12.3. The number of imidazole rings is 2. The van der Waals surface area contributed by atoms with Crippen molar-refractivity contribution in [3.05, 3.63) is 102 Å². The van der Waals surface area contributed by atoms with Gasteiger partial charge in [-0.15, -0.1) is 0 Å². The number of carbonyl (C=O) groups excluding carboxylic acids is 3. The SMILES string of the molecule is COC[C@H]1C[C@@H](c2nc3c(ccc4cc5c(cc43)OCc3cc(-c4cnc([C@@H]6CCCN6C(=O)Cc6ccccc6)[nH]4)ccc3-5)[nH]2)N(C(=O)[C@@H](NC(=O)OC)C(C)OC)C1. The Hall–Kier alpha value is -6.25. The number of carbonyl (C=O) groups is 3. The van der Waals surface area contributed by atoms with Gasteiger partial charge >= 0.3 is 6.09 Å². The lowest BCUT2D eigenvalue weighted by molar-refractivity contribution is -0.137. The van der Waals surface area contributed by atoms with Crippen molar-refractivity contribution in [2.24, 2.45) is 5.92 Å². The summed E-state index contributed by atoms with van der Waals surface area (Å²) in [6.07, 6.45) is 3.38. The van der Waals surface area contributed by atoms with Gasteiger partial charge in [-0.3, -0.25) is 9.59 Å². The van der Waals surface area contributed by atoms with Crippen molar-refractivity contribution in [1.82, 2.24) is 35.1 Å². The minimum Gasteiger partial charge on any atom is -0.488 e. The molecule has 9 rings (SSSR count). The molecular weight excluding hydrogens is 763 g/mol. The fourth-order valence-corrected chi connectivity index (χ4v) is 9.17. The second-order valence-corrected chi connectivity index (χ2v) is 16.0. The third kappa shape index (κ3) is 7.34. The van der Waals surface area contributed by atoms with E-state index in [1.807, 2.05) is 47.5 Å². The van der Waals surface area contributed by atoms with Crippen LogP contribution in [0, 0.1) is 5.92 Å². The average Bonchev–Trinajstić information content (AvgIpc) is 4.11. The van der Waals surface area contributed by atoms with Crippen LogP contribution in [0.25, 0.3) is 44.2 Å². The van der Waals surface area contributed by atoms with Gasteiger partial charge in [0.2, 0.25) is 11.8 Å². The van der Waals surface area contributed by atoms with Crippen LogP contribution in [0.3, 0.4) is 0 Å². The summed E-state index contributed by atoms with van der Waals surface area (Å²) in [7, 11) is 4.42. The van der Waals surface area contributed by atoms with E-state index in [9.17, 15) is 14.4 Å². The van der Waals surface area contributed by atoms with Crippen LogP contribution in [0.4, 0.5) is 4.79 Å². The highest BCUT2D eigenvalue weighted by Gasteiger charge is 2.42. The first-order valence-electron chi connectivity index (χ1n) is 20.5. The predicted octanol–water partition coefficient (Wildman–Crippen LogP) is 6.87. The highest BCUT2D eigenvalue weighted by molar-refractivity contribution is 6.07. The Kier molecular flexibility index (Phi) is 10.7. The molecule has 0 aliphatic carbocycles. The molecule has 6 aromatic rings. The zero-order valence-electron chi connectivity index (χ0n) is 34.2. The number of amides is 3. The quantitative estimate of drug-likeness (QED) is 0.127. The summed E-state index contributed by atoms with van der Waals surface area (Å²) in [6, 6.07) is 23.2. The minimum absolute atomic E-state index is 0.0698. The first-order chi connectivity index (χ1) is 29.2. The molecule has 2 fully saturated rings. The smallest absolute Gasteiger partial charge is 0.407 e. The summed E-state index contributed by atoms with van der Waals surface area (Å²) in [5, 5.41) is 4.61. The lowest BCUT2D eigenvalue weighted by atomic mass is 9.92. The van der Waals surface area contributed by atoms with Crippen molar-refractivity contribution in [3.8, 4) is 28.1 Å². The number of ether oxygens (including phenoxy) is 4. The zero-order chi connectivity index (χ0) is 41.5. The summed E-state index contributed by atoms with van der Waals surface area (Å²) in [4.78, 5) is 60.4. The molecular formula is C46H49N7O7. The number of hydrogen-bond donors (Lipinski definition) is 3. The molecule has 3 aliphatic rings. The molecule has 310 valence electrons. The fourth-order valence-electron chi connectivity index (χ4n) is 9.17. The molecule has 2 aromatic heterocycles. The second-order valence-electron chi connectivity index (χ2n) is 16.0. The van der Waals surface area contributed by atoms with E-state index in [0.717, 1.165) is 86.3 Å². The predicted molar refractivity (Wildman–Crippen MR) is 225 cm³/mol. The maximum absolute atomic E-state index is 14.1. The van der Waals surface area contributed by atoms with Crippen LogP contribution >= 0.6 is 0 Å². The van der Waals surface area contributed by atoms with Crippen LogP contribution in [0.1, 0.15) is 61.0 Å².